The standard InChI is InChI=1S/C23H42N6.HI/c1-19(2)29(20(3)4)16-10-13-25-23(24-5)27-18-21-11-12-22(26-17-21)28-14-8-6-7-9-15-28;/h11-12,17,19-20H,6-10,13-16,18H2,1-5H3,(H2,24,25,27);1H. The molecule has 0 radical (unpaired) electrons. The van der Waals surface area contributed by atoms with Crippen LogP contribution in [-0.2, 0) is 6.54 Å². The summed E-state index contributed by atoms with van der Waals surface area (Å²) in [4.78, 5) is 14.0. The average molecular weight is 531 g/mol. The third-order valence-corrected chi connectivity index (χ3v) is 5.63. The highest BCUT2D eigenvalue weighted by Gasteiger charge is 2.13. The van der Waals surface area contributed by atoms with E-state index in [0.29, 0.717) is 12.1 Å². The molecule has 2 N–H and O–H groups in total. The van der Waals surface area contributed by atoms with E-state index in [1.54, 1.807) is 0 Å². The Kier molecular flexibility index (Phi) is 13.3. The normalized spacial score (nSPS) is 15.3. The summed E-state index contributed by atoms with van der Waals surface area (Å²) in [5.74, 6) is 1.96. The Morgan fingerprint density at radius 3 is 2.27 bits per heavy atom. The minimum atomic E-state index is 0. The fraction of sp³-hybridized carbons (Fsp3) is 0.739. The van der Waals surface area contributed by atoms with Gasteiger partial charge in [0.1, 0.15) is 5.82 Å². The smallest absolute Gasteiger partial charge is 0.191 e. The van der Waals surface area contributed by atoms with Crippen LogP contribution in [0.15, 0.2) is 23.3 Å². The topological polar surface area (TPSA) is 55.8 Å². The molecule has 0 atom stereocenters. The number of aliphatic imine (C=N–C) groups is 1. The Morgan fingerprint density at radius 1 is 1.07 bits per heavy atom. The number of pyridine rings is 1. The van der Waals surface area contributed by atoms with Gasteiger partial charge < -0.3 is 15.5 Å². The predicted octanol–water partition coefficient (Wildman–Crippen LogP) is 4.25. The van der Waals surface area contributed by atoms with Gasteiger partial charge in [-0.25, -0.2) is 4.98 Å². The first-order chi connectivity index (χ1) is 14.0. The van der Waals surface area contributed by atoms with Gasteiger partial charge in [0.15, 0.2) is 5.96 Å². The number of halogens is 1. The molecule has 0 aliphatic carbocycles. The first-order valence-corrected chi connectivity index (χ1v) is 11.4. The van der Waals surface area contributed by atoms with Crippen LogP contribution >= 0.6 is 24.0 Å². The van der Waals surface area contributed by atoms with Crippen LogP contribution in [0.25, 0.3) is 0 Å². The van der Waals surface area contributed by atoms with E-state index in [1.807, 2.05) is 13.2 Å². The van der Waals surface area contributed by atoms with Crippen LogP contribution in [-0.4, -0.2) is 61.2 Å². The fourth-order valence-electron chi connectivity index (χ4n) is 4.00. The zero-order valence-electron chi connectivity index (χ0n) is 19.7. The van der Waals surface area contributed by atoms with Gasteiger partial charge in [-0.15, -0.1) is 24.0 Å². The van der Waals surface area contributed by atoms with Crippen molar-refractivity contribution in [1.82, 2.24) is 20.5 Å². The Hall–Kier alpha value is -1.09. The maximum absolute atomic E-state index is 4.70. The zero-order valence-corrected chi connectivity index (χ0v) is 22.0. The number of guanidine groups is 1. The van der Waals surface area contributed by atoms with Crippen molar-refractivity contribution < 1.29 is 0 Å². The van der Waals surface area contributed by atoms with E-state index in [0.717, 1.165) is 50.9 Å². The van der Waals surface area contributed by atoms with Gasteiger partial charge in [0.05, 0.1) is 0 Å². The predicted molar refractivity (Wildman–Crippen MR) is 140 cm³/mol. The molecule has 1 aromatic rings. The molecule has 1 aliphatic rings. The van der Waals surface area contributed by atoms with Gasteiger partial charge in [-0.3, -0.25) is 9.89 Å². The highest BCUT2D eigenvalue weighted by Crippen LogP contribution is 2.17. The Balaban J connectivity index is 0.00000450. The molecular formula is C23H43IN6. The van der Waals surface area contributed by atoms with Gasteiger partial charge in [-0.1, -0.05) is 18.9 Å². The molecule has 1 aliphatic heterocycles. The van der Waals surface area contributed by atoms with Gasteiger partial charge in [0.2, 0.25) is 0 Å². The summed E-state index contributed by atoms with van der Waals surface area (Å²) in [6, 6.07) is 5.50. The van der Waals surface area contributed by atoms with Gasteiger partial charge in [0, 0.05) is 58.1 Å². The summed E-state index contributed by atoms with van der Waals surface area (Å²) in [7, 11) is 1.82. The molecule has 1 fully saturated rings. The molecule has 1 aromatic heterocycles. The van der Waals surface area contributed by atoms with Crippen LogP contribution in [0.4, 0.5) is 5.82 Å². The summed E-state index contributed by atoms with van der Waals surface area (Å²) in [6.45, 7) is 14.1. The van der Waals surface area contributed by atoms with Crippen LogP contribution in [0, 0.1) is 0 Å². The van der Waals surface area contributed by atoms with Crippen molar-refractivity contribution >= 4 is 35.8 Å². The largest absolute Gasteiger partial charge is 0.357 e. The molecule has 0 amide bonds. The second-order valence-corrected chi connectivity index (χ2v) is 8.56. The van der Waals surface area contributed by atoms with Gasteiger partial charge in [0.25, 0.3) is 0 Å². The van der Waals surface area contributed by atoms with Crippen molar-refractivity contribution in [2.45, 2.75) is 78.4 Å². The summed E-state index contributed by atoms with van der Waals surface area (Å²) in [6.07, 6.45) is 8.33. The summed E-state index contributed by atoms with van der Waals surface area (Å²) < 4.78 is 0. The van der Waals surface area contributed by atoms with Crippen molar-refractivity contribution in [1.29, 1.82) is 0 Å². The van der Waals surface area contributed by atoms with E-state index in [-0.39, 0.29) is 24.0 Å². The first-order valence-electron chi connectivity index (χ1n) is 11.4. The van der Waals surface area contributed by atoms with Crippen molar-refractivity contribution in [2.24, 2.45) is 4.99 Å². The second-order valence-electron chi connectivity index (χ2n) is 8.56. The average Bonchev–Trinajstić information content (AvgIpc) is 2.99. The van der Waals surface area contributed by atoms with Crippen molar-refractivity contribution in [3.05, 3.63) is 23.9 Å². The molecule has 0 saturated carbocycles. The minimum absolute atomic E-state index is 0. The lowest BCUT2D eigenvalue weighted by Gasteiger charge is -2.30. The summed E-state index contributed by atoms with van der Waals surface area (Å²) in [5, 5.41) is 6.83. The molecule has 6 nitrogen and oxygen atoms in total. The lowest BCUT2D eigenvalue weighted by atomic mass is 10.2. The molecule has 30 heavy (non-hydrogen) atoms. The highest BCUT2D eigenvalue weighted by atomic mass is 127. The Labute approximate surface area is 201 Å². The number of aromatic nitrogens is 1. The lowest BCUT2D eigenvalue weighted by Crippen LogP contribution is -2.41. The molecular weight excluding hydrogens is 487 g/mol. The highest BCUT2D eigenvalue weighted by molar-refractivity contribution is 14.0. The van der Waals surface area contributed by atoms with Crippen LogP contribution in [0.5, 0.6) is 0 Å². The van der Waals surface area contributed by atoms with Gasteiger partial charge in [-0.05, 0) is 58.6 Å². The second kappa shape index (κ2) is 14.8. The molecule has 2 heterocycles. The molecule has 2 rings (SSSR count). The van der Waals surface area contributed by atoms with Crippen LogP contribution < -0.4 is 15.5 Å². The minimum Gasteiger partial charge on any atom is -0.357 e. The van der Waals surface area contributed by atoms with E-state index in [4.69, 9.17) is 4.98 Å². The Morgan fingerprint density at radius 2 is 1.73 bits per heavy atom. The van der Waals surface area contributed by atoms with Crippen LogP contribution in [0.3, 0.4) is 0 Å². The summed E-state index contributed by atoms with van der Waals surface area (Å²) >= 11 is 0. The molecule has 172 valence electrons. The molecule has 0 unspecified atom stereocenters. The zero-order chi connectivity index (χ0) is 21.1. The monoisotopic (exact) mass is 530 g/mol. The third-order valence-electron chi connectivity index (χ3n) is 5.63. The lowest BCUT2D eigenvalue weighted by molar-refractivity contribution is 0.173. The van der Waals surface area contributed by atoms with Crippen LogP contribution in [0.2, 0.25) is 0 Å². The number of nitrogens with zero attached hydrogens (tertiary/aromatic N) is 4. The molecule has 0 spiro atoms. The molecule has 0 aromatic carbocycles. The summed E-state index contributed by atoms with van der Waals surface area (Å²) in [5.41, 5.74) is 1.18. The number of anilines is 1. The quantitative estimate of drug-likeness (QED) is 0.216. The number of hydrogen-bond acceptors (Lipinski definition) is 4. The fourth-order valence-corrected chi connectivity index (χ4v) is 4.00. The van der Waals surface area contributed by atoms with E-state index < -0.39 is 0 Å². The number of rotatable bonds is 9. The Bertz CT molecular complexity index is 586. The molecule has 0 bridgehead atoms. The van der Waals surface area contributed by atoms with Gasteiger partial charge >= 0.3 is 0 Å². The maximum atomic E-state index is 4.70. The maximum Gasteiger partial charge on any atom is 0.191 e. The van der Waals surface area contributed by atoms with E-state index >= 15 is 0 Å². The first kappa shape index (κ1) is 26.9. The SMILES string of the molecule is CN=C(NCCCN(C(C)C)C(C)C)NCc1ccc(N2CCCCCC2)nc1.I. The molecule has 1 saturated heterocycles. The number of nitrogens with one attached hydrogen (secondary N) is 2. The molecule has 7 heteroatoms. The van der Waals surface area contributed by atoms with Crippen molar-refractivity contribution in [3.63, 3.8) is 0 Å². The number of hydrogen-bond donors (Lipinski definition) is 2. The van der Waals surface area contributed by atoms with E-state index in [1.165, 1.54) is 31.2 Å². The van der Waals surface area contributed by atoms with E-state index in [9.17, 15) is 0 Å². The van der Waals surface area contributed by atoms with Crippen molar-refractivity contribution in [3.8, 4) is 0 Å². The van der Waals surface area contributed by atoms with Gasteiger partial charge in [-0.2, -0.15) is 0 Å². The van der Waals surface area contributed by atoms with Crippen molar-refractivity contribution in [2.75, 3.05) is 38.1 Å². The van der Waals surface area contributed by atoms with E-state index in [2.05, 4.69) is 65.3 Å². The third kappa shape index (κ3) is 9.37. The van der Waals surface area contributed by atoms with Crippen LogP contribution in [0.1, 0.15) is 65.4 Å².